The third-order valence-electron chi connectivity index (χ3n) is 7.39. The number of thiazole rings is 1. The molecule has 5 rings (SSSR count). The third kappa shape index (κ3) is 2.34. The molecule has 1 fully saturated rings. The molecular weight excluding hydrogens is 392 g/mol. The van der Waals surface area contributed by atoms with Crippen molar-refractivity contribution in [2.24, 2.45) is 5.41 Å². The van der Waals surface area contributed by atoms with Crippen LogP contribution in [0.3, 0.4) is 0 Å². The zero-order chi connectivity index (χ0) is 20.7. The maximum atomic E-state index is 14.7. The van der Waals surface area contributed by atoms with E-state index in [1.807, 2.05) is 17.0 Å². The first-order valence-electron chi connectivity index (χ1n) is 9.88. The van der Waals surface area contributed by atoms with Gasteiger partial charge in [0, 0.05) is 22.4 Å². The first-order valence-corrected chi connectivity index (χ1v) is 10.8. The topological polar surface area (TPSA) is 39.8 Å². The van der Waals surface area contributed by atoms with Crippen LogP contribution >= 0.6 is 11.3 Å². The maximum Gasteiger partial charge on any atom is 0.275 e. The second-order valence-electron chi connectivity index (χ2n) is 9.04. The number of fused-ring (bicyclic) bond motifs is 5. The highest BCUT2D eigenvalue weighted by molar-refractivity contribution is 7.09. The fourth-order valence-corrected chi connectivity index (χ4v) is 6.17. The molecule has 0 aliphatic heterocycles. The molecule has 2 aromatic heterocycles. The Kier molecular flexibility index (Phi) is 3.79. The second kappa shape index (κ2) is 5.88. The van der Waals surface area contributed by atoms with Crippen molar-refractivity contribution in [3.05, 3.63) is 67.5 Å². The molecule has 1 aromatic carbocycles. The number of nitrogens with zero attached hydrogens (tertiary/aromatic N) is 3. The van der Waals surface area contributed by atoms with Gasteiger partial charge in [-0.05, 0) is 43.2 Å². The number of aryl methyl sites for hydroxylation is 1. The minimum atomic E-state index is -0.740. The lowest BCUT2D eigenvalue weighted by Crippen LogP contribution is -2.36. The molecule has 1 saturated carbocycles. The van der Waals surface area contributed by atoms with Gasteiger partial charge in [0.25, 0.3) is 5.56 Å². The van der Waals surface area contributed by atoms with Crippen molar-refractivity contribution < 1.29 is 8.78 Å². The summed E-state index contributed by atoms with van der Waals surface area (Å²) in [4.78, 5) is 18.2. The molecule has 0 amide bonds. The normalized spacial score (nSPS) is 24.3. The number of hydrogen-bond acceptors (Lipinski definition) is 3. The van der Waals surface area contributed by atoms with E-state index in [2.05, 4.69) is 25.8 Å². The van der Waals surface area contributed by atoms with Crippen molar-refractivity contribution in [3.8, 4) is 5.69 Å². The molecule has 152 valence electrons. The van der Waals surface area contributed by atoms with Gasteiger partial charge in [-0.3, -0.25) is 9.48 Å². The molecule has 0 spiro atoms. The number of rotatable bonds is 3. The van der Waals surface area contributed by atoms with Gasteiger partial charge in [-0.15, -0.1) is 11.3 Å². The molecule has 2 bridgehead atoms. The van der Waals surface area contributed by atoms with Gasteiger partial charge in [-0.2, -0.15) is 0 Å². The maximum absolute atomic E-state index is 14.7. The van der Waals surface area contributed by atoms with Gasteiger partial charge >= 0.3 is 0 Å². The van der Waals surface area contributed by atoms with E-state index in [4.69, 9.17) is 0 Å². The first-order chi connectivity index (χ1) is 13.6. The van der Waals surface area contributed by atoms with Crippen molar-refractivity contribution in [3.63, 3.8) is 0 Å². The van der Waals surface area contributed by atoms with E-state index in [1.54, 1.807) is 11.3 Å². The summed E-state index contributed by atoms with van der Waals surface area (Å²) in [5.74, 6) is -1.26. The molecular formula is C22H23F2N3OS. The summed E-state index contributed by atoms with van der Waals surface area (Å²) in [5.41, 5.74) is 2.27. The average molecular weight is 416 g/mol. The van der Waals surface area contributed by atoms with E-state index >= 15 is 0 Å². The van der Waals surface area contributed by atoms with E-state index in [1.165, 1.54) is 16.8 Å². The largest absolute Gasteiger partial charge is 0.275 e. The summed E-state index contributed by atoms with van der Waals surface area (Å²) in [6.07, 6.45) is 1.95. The van der Waals surface area contributed by atoms with Crippen LogP contribution in [-0.4, -0.2) is 14.3 Å². The molecule has 4 nitrogen and oxygen atoms in total. The Labute approximate surface area is 171 Å². The SMILES string of the molecule is Cc1nc(Cn2c3c(c(=O)n2-c2ccc(F)cc2F)[C@H]2CC[C@]3(C)C2(C)C)cs1. The molecule has 7 heteroatoms. The van der Waals surface area contributed by atoms with E-state index in [9.17, 15) is 13.6 Å². The van der Waals surface area contributed by atoms with Gasteiger partial charge < -0.3 is 0 Å². The smallest absolute Gasteiger partial charge is 0.275 e. The van der Waals surface area contributed by atoms with Crippen LogP contribution in [0.25, 0.3) is 5.69 Å². The zero-order valence-electron chi connectivity index (χ0n) is 16.9. The van der Waals surface area contributed by atoms with E-state index in [-0.39, 0.29) is 28.0 Å². The van der Waals surface area contributed by atoms with E-state index in [0.29, 0.717) is 6.54 Å². The van der Waals surface area contributed by atoms with Crippen LogP contribution in [-0.2, 0) is 12.0 Å². The summed E-state index contributed by atoms with van der Waals surface area (Å²) in [6.45, 7) is 8.98. The minimum Gasteiger partial charge on any atom is -0.275 e. The fraction of sp³-hybridized carbons (Fsp3) is 0.455. The Morgan fingerprint density at radius 1 is 1.28 bits per heavy atom. The third-order valence-corrected chi connectivity index (χ3v) is 8.21. The molecule has 29 heavy (non-hydrogen) atoms. The monoisotopic (exact) mass is 415 g/mol. The Bertz CT molecular complexity index is 1210. The molecule has 0 saturated heterocycles. The predicted molar refractivity (Wildman–Crippen MR) is 109 cm³/mol. The highest BCUT2D eigenvalue weighted by Crippen LogP contribution is 2.67. The Hall–Kier alpha value is -2.28. The standard InChI is InChI=1S/C22H23F2N3OS/c1-12-25-14(11-29-12)10-26-19-18(15-7-8-22(19,4)21(15,2)3)20(28)27(26)17-6-5-13(23)9-16(17)24/h5-6,9,11,15H,7-8,10H2,1-4H3/t15-,22+/m1/s1. The summed E-state index contributed by atoms with van der Waals surface area (Å²) in [6, 6.07) is 3.37. The van der Waals surface area contributed by atoms with E-state index < -0.39 is 11.6 Å². The number of hydrogen-bond donors (Lipinski definition) is 0. The lowest BCUT2D eigenvalue weighted by Gasteiger charge is -2.36. The highest BCUT2D eigenvalue weighted by atomic mass is 32.1. The molecule has 2 atom stereocenters. The molecule has 0 N–H and O–H groups in total. The van der Waals surface area contributed by atoms with E-state index in [0.717, 1.165) is 40.9 Å². The van der Waals surface area contributed by atoms with Crippen molar-refractivity contribution in [1.82, 2.24) is 14.3 Å². The molecule has 0 radical (unpaired) electrons. The van der Waals surface area contributed by atoms with Crippen molar-refractivity contribution in [2.75, 3.05) is 0 Å². The van der Waals surface area contributed by atoms with Gasteiger partial charge in [0.2, 0.25) is 0 Å². The summed E-state index contributed by atoms with van der Waals surface area (Å²) < 4.78 is 31.6. The van der Waals surface area contributed by atoms with Crippen molar-refractivity contribution in [1.29, 1.82) is 0 Å². The summed E-state index contributed by atoms with van der Waals surface area (Å²) in [5, 5.41) is 2.91. The lowest BCUT2D eigenvalue weighted by molar-refractivity contribution is 0.216. The number of aromatic nitrogens is 3. The molecule has 0 unspecified atom stereocenters. The van der Waals surface area contributed by atoms with Crippen LogP contribution in [0.4, 0.5) is 8.78 Å². The van der Waals surface area contributed by atoms with Gasteiger partial charge in [0.05, 0.1) is 22.9 Å². The predicted octanol–water partition coefficient (Wildman–Crippen LogP) is 4.91. The molecule has 2 aliphatic rings. The zero-order valence-corrected chi connectivity index (χ0v) is 17.7. The Morgan fingerprint density at radius 3 is 2.69 bits per heavy atom. The summed E-state index contributed by atoms with van der Waals surface area (Å²) >= 11 is 1.55. The number of halogens is 2. The van der Waals surface area contributed by atoms with Crippen molar-refractivity contribution in [2.45, 2.75) is 58.4 Å². The Morgan fingerprint density at radius 2 is 2.03 bits per heavy atom. The lowest BCUT2D eigenvalue weighted by atomic mass is 9.70. The summed E-state index contributed by atoms with van der Waals surface area (Å²) in [7, 11) is 0. The van der Waals surface area contributed by atoms with Crippen LogP contribution in [0.2, 0.25) is 0 Å². The molecule has 3 aromatic rings. The quantitative estimate of drug-likeness (QED) is 0.610. The van der Waals surface area contributed by atoms with Gasteiger partial charge in [0.15, 0.2) is 5.82 Å². The first kappa shape index (κ1) is 18.7. The van der Waals surface area contributed by atoms with Crippen LogP contribution in [0, 0.1) is 24.0 Å². The second-order valence-corrected chi connectivity index (χ2v) is 10.1. The fourth-order valence-electron chi connectivity index (χ4n) is 5.57. The van der Waals surface area contributed by atoms with Gasteiger partial charge in [-0.1, -0.05) is 20.8 Å². The van der Waals surface area contributed by atoms with Crippen LogP contribution in [0.15, 0.2) is 28.4 Å². The minimum absolute atomic E-state index is 0.0446. The molecule has 2 heterocycles. The van der Waals surface area contributed by atoms with Crippen LogP contribution < -0.4 is 5.56 Å². The highest BCUT2D eigenvalue weighted by Gasteiger charge is 2.62. The van der Waals surface area contributed by atoms with Gasteiger partial charge in [-0.25, -0.2) is 18.4 Å². The Balaban J connectivity index is 1.81. The number of benzene rings is 1. The van der Waals surface area contributed by atoms with Crippen molar-refractivity contribution >= 4 is 11.3 Å². The van der Waals surface area contributed by atoms with Gasteiger partial charge in [0.1, 0.15) is 11.5 Å². The van der Waals surface area contributed by atoms with Crippen LogP contribution in [0.5, 0.6) is 0 Å². The van der Waals surface area contributed by atoms with Crippen LogP contribution in [0.1, 0.15) is 61.5 Å². The average Bonchev–Trinajstić information content (AvgIpc) is 3.29. The molecule has 2 aliphatic carbocycles.